The zero-order valence-electron chi connectivity index (χ0n) is 17.6. The van der Waals surface area contributed by atoms with Gasteiger partial charge in [-0.25, -0.2) is 0 Å². The lowest BCUT2D eigenvalue weighted by Crippen LogP contribution is -2.45. The lowest BCUT2D eigenvalue weighted by molar-refractivity contribution is -0.155. The molecule has 4 heteroatoms. The molecule has 3 aromatic carbocycles. The predicted molar refractivity (Wildman–Crippen MR) is 119 cm³/mol. The van der Waals surface area contributed by atoms with E-state index >= 15 is 0 Å². The van der Waals surface area contributed by atoms with E-state index in [4.69, 9.17) is 4.74 Å². The zero-order valence-corrected chi connectivity index (χ0v) is 17.6. The van der Waals surface area contributed by atoms with Crippen LogP contribution in [0.15, 0.2) is 84.9 Å². The van der Waals surface area contributed by atoms with Crippen LogP contribution in [0.5, 0.6) is 0 Å². The summed E-state index contributed by atoms with van der Waals surface area (Å²) in [6.45, 7) is 5.08. The molecule has 0 aliphatic rings. The third kappa shape index (κ3) is 5.78. The normalized spacial score (nSPS) is 13.1. The first-order chi connectivity index (χ1) is 14.6. The highest BCUT2D eigenvalue weighted by atomic mass is 16.5. The van der Waals surface area contributed by atoms with Gasteiger partial charge in [-0.3, -0.25) is 9.69 Å². The Morgan fingerprint density at radius 2 is 1.37 bits per heavy atom. The summed E-state index contributed by atoms with van der Waals surface area (Å²) < 4.78 is 5.39. The van der Waals surface area contributed by atoms with E-state index < -0.39 is 18.1 Å². The molecule has 0 aliphatic carbocycles. The van der Waals surface area contributed by atoms with E-state index in [0.29, 0.717) is 18.7 Å². The summed E-state index contributed by atoms with van der Waals surface area (Å²) in [4.78, 5) is 15.0. The van der Waals surface area contributed by atoms with E-state index in [1.165, 1.54) is 0 Å². The van der Waals surface area contributed by atoms with Crippen molar-refractivity contribution in [3.05, 3.63) is 107 Å². The molecular weight excluding hydrogens is 374 g/mol. The minimum Gasteiger partial charge on any atom is -0.465 e. The van der Waals surface area contributed by atoms with Gasteiger partial charge in [-0.15, -0.1) is 0 Å². The van der Waals surface area contributed by atoms with Gasteiger partial charge in [0.15, 0.2) is 0 Å². The van der Waals surface area contributed by atoms with E-state index in [1.807, 2.05) is 96.8 Å². The summed E-state index contributed by atoms with van der Waals surface area (Å²) >= 11 is 0. The summed E-state index contributed by atoms with van der Waals surface area (Å²) in [6.07, 6.45) is -1.00. The van der Waals surface area contributed by atoms with Gasteiger partial charge >= 0.3 is 5.97 Å². The fourth-order valence-corrected chi connectivity index (χ4v) is 3.54. The number of nitrogens with zero attached hydrogens (tertiary/aromatic N) is 1. The fourth-order valence-electron chi connectivity index (χ4n) is 3.54. The summed E-state index contributed by atoms with van der Waals surface area (Å²) in [7, 11) is 0. The van der Waals surface area contributed by atoms with Crippen LogP contribution in [0.4, 0.5) is 0 Å². The van der Waals surface area contributed by atoms with E-state index in [0.717, 1.165) is 16.7 Å². The number of ether oxygens (including phenoxy) is 1. The minimum absolute atomic E-state index is 0.264. The van der Waals surface area contributed by atoms with Gasteiger partial charge in [0.1, 0.15) is 12.1 Å². The molecule has 1 N–H and O–H groups in total. The van der Waals surface area contributed by atoms with Crippen LogP contribution in [-0.4, -0.2) is 28.6 Å². The highest BCUT2D eigenvalue weighted by Crippen LogP contribution is 2.26. The third-order valence-electron chi connectivity index (χ3n) is 5.10. The van der Waals surface area contributed by atoms with Gasteiger partial charge in [-0.1, -0.05) is 90.5 Å². The first-order valence-corrected chi connectivity index (χ1v) is 10.3. The second kappa shape index (κ2) is 10.7. The molecule has 0 bridgehead atoms. The van der Waals surface area contributed by atoms with Crippen LogP contribution < -0.4 is 0 Å². The summed E-state index contributed by atoms with van der Waals surface area (Å²) in [5.41, 5.74) is 3.94. The van der Waals surface area contributed by atoms with Crippen molar-refractivity contribution in [2.45, 2.75) is 39.1 Å². The number of carbonyl (C=O) groups is 1. The first-order valence-electron chi connectivity index (χ1n) is 10.3. The number of benzene rings is 3. The van der Waals surface area contributed by atoms with Crippen molar-refractivity contribution < 1.29 is 14.6 Å². The van der Waals surface area contributed by atoms with Gasteiger partial charge in [0, 0.05) is 13.1 Å². The molecule has 2 atom stereocenters. The van der Waals surface area contributed by atoms with Crippen LogP contribution in [0, 0.1) is 6.92 Å². The lowest BCUT2D eigenvalue weighted by atomic mass is 9.98. The van der Waals surface area contributed by atoms with Gasteiger partial charge in [-0.2, -0.15) is 0 Å². The molecule has 0 aromatic heterocycles. The number of carbonyl (C=O) groups excluding carboxylic acids is 1. The Morgan fingerprint density at radius 3 is 1.83 bits per heavy atom. The smallest absolute Gasteiger partial charge is 0.326 e. The van der Waals surface area contributed by atoms with Crippen molar-refractivity contribution in [3.63, 3.8) is 0 Å². The Balaban J connectivity index is 1.97. The van der Waals surface area contributed by atoms with E-state index in [2.05, 4.69) is 0 Å². The molecule has 0 spiro atoms. The third-order valence-corrected chi connectivity index (χ3v) is 5.10. The van der Waals surface area contributed by atoms with Crippen LogP contribution in [0.2, 0.25) is 0 Å². The maximum Gasteiger partial charge on any atom is 0.326 e. The minimum atomic E-state index is -1.00. The summed E-state index contributed by atoms with van der Waals surface area (Å²) in [6, 6.07) is 26.8. The molecule has 156 valence electrons. The highest BCUT2D eigenvalue weighted by molar-refractivity contribution is 5.77. The molecule has 0 saturated heterocycles. The summed E-state index contributed by atoms with van der Waals surface area (Å²) in [5, 5.41) is 11.3. The number of esters is 1. The second-order valence-corrected chi connectivity index (χ2v) is 7.43. The standard InChI is InChI=1S/C26H29NO3/c1-3-30-26(29)24(25(28)23-16-14-20(2)15-17-23)27(18-21-10-6-4-7-11-21)19-22-12-8-5-9-13-22/h4-17,24-25,28H,3,18-19H2,1-2H3/t24-,25+/m0/s1. The number of rotatable bonds is 9. The lowest BCUT2D eigenvalue weighted by Gasteiger charge is -2.33. The molecule has 30 heavy (non-hydrogen) atoms. The molecule has 0 radical (unpaired) electrons. The Morgan fingerprint density at radius 1 is 0.867 bits per heavy atom. The van der Waals surface area contributed by atoms with Gasteiger partial charge in [0.05, 0.1) is 6.61 Å². The first kappa shape index (κ1) is 21.8. The Bertz CT molecular complexity index is 869. The molecule has 0 heterocycles. The predicted octanol–water partition coefficient (Wildman–Crippen LogP) is 4.66. The summed E-state index contributed by atoms with van der Waals surface area (Å²) in [5.74, 6) is -0.419. The maximum absolute atomic E-state index is 13.0. The SMILES string of the molecule is CCOC(=O)[C@H]([C@H](O)c1ccc(C)cc1)N(Cc1ccccc1)Cc1ccccc1. The average Bonchev–Trinajstić information content (AvgIpc) is 2.76. The molecule has 0 amide bonds. The maximum atomic E-state index is 13.0. The van der Waals surface area contributed by atoms with Crippen LogP contribution in [0.25, 0.3) is 0 Å². The van der Waals surface area contributed by atoms with Crippen LogP contribution in [0.1, 0.15) is 35.3 Å². The Kier molecular flexibility index (Phi) is 7.77. The highest BCUT2D eigenvalue weighted by Gasteiger charge is 2.35. The van der Waals surface area contributed by atoms with Crippen LogP contribution >= 0.6 is 0 Å². The molecule has 0 saturated carbocycles. The Hall–Kier alpha value is -2.95. The van der Waals surface area contributed by atoms with Crippen molar-refractivity contribution in [1.29, 1.82) is 0 Å². The van der Waals surface area contributed by atoms with E-state index in [-0.39, 0.29) is 6.61 Å². The van der Waals surface area contributed by atoms with Crippen molar-refractivity contribution in [2.75, 3.05) is 6.61 Å². The molecule has 0 fully saturated rings. The number of aryl methyl sites for hydroxylation is 1. The monoisotopic (exact) mass is 403 g/mol. The van der Waals surface area contributed by atoms with E-state index in [1.54, 1.807) is 6.92 Å². The van der Waals surface area contributed by atoms with Gasteiger partial charge in [0.25, 0.3) is 0 Å². The van der Waals surface area contributed by atoms with Gasteiger partial charge < -0.3 is 9.84 Å². The van der Waals surface area contributed by atoms with Crippen molar-refractivity contribution >= 4 is 5.97 Å². The molecule has 4 nitrogen and oxygen atoms in total. The van der Waals surface area contributed by atoms with Crippen molar-refractivity contribution in [2.24, 2.45) is 0 Å². The van der Waals surface area contributed by atoms with Crippen LogP contribution in [-0.2, 0) is 22.6 Å². The molecule has 0 unspecified atom stereocenters. The van der Waals surface area contributed by atoms with Crippen LogP contribution in [0.3, 0.4) is 0 Å². The quantitative estimate of drug-likeness (QED) is 0.528. The van der Waals surface area contributed by atoms with Crippen molar-refractivity contribution in [3.8, 4) is 0 Å². The molecule has 0 aliphatic heterocycles. The van der Waals surface area contributed by atoms with Crippen molar-refractivity contribution in [1.82, 2.24) is 4.90 Å². The number of aliphatic hydroxyl groups is 1. The molecule has 3 aromatic rings. The fraction of sp³-hybridized carbons (Fsp3) is 0.269. The second-order valence-electron chi connectivity index (χ2n) is 7.43. The zero-order chi connectivity index (χ0) is 21.3. The largest absolute Gasteiger partial charge is 0.465 e. The van der Waals surface area contributed by atoms with E-state index in [9.17, 15) is 9.90 Å². The number of aliphatic hydroxyl groups excluding tert-OH is 1. The number of hydrogen-bond acceptors (Lipinski definition) is 4. The van der Waals surface area contributed by atoms with Gasteiger partial charge in [-0.05, 0) is 30.5 Å². The molecular formula is C26H29NO3. The topological polar surface area (TPSA) is 49.8 Å². The Labute approximate surface area is 178 Å². The number of hydrogen-bond donors (Lipinski definition) is 1. The average molecular weight is 404 g/mol. The van der Waals surface area contributed by atoms with Gasteiger partial charge in [0.2, 0.25) is 0 Å². The molecule has 3 rings (SSSR count).